The lowest BCUT2D eigenvalue weighted by Crippen LogP contribution is -2.32. The molecule has 1 aliphatic heterocycles. The SMILES string of the molecule is CN(C)C(=S)/N=C1\SC(=Nc2ccccc2)C(=Nc2ccccc2)N1c1ccc(N([O-])O)cc1. The average molecular weight is 490 g/mol. The highest BCUT2D eigenvalue weighted by Gasteiger charge is 2.35. The maximum Gasteiger partial charge on any atom is 0.197 e. The number of hydrogen-bond donors (Lipinski definition) is 1. The van der Waals surface area contributed by atoms with Crippen molar-refractivity contribution in [1.29, 1.82) is 0 Å². The molecule has 1 aliphatic rings. The highest BCUT2D eigenvalue weighted by atomic mass is 32.2. The lowest BCUT2D eigenvalue weighted by molar-refractivity contribution is 0.296. The van der Waals surface area contributed by atoms with Crippen LogP contribution in [0.5, 0.6) is 0 Å². The Hall–Kier alpha value is -3.57. The largest absolute Gasteiger partial charge is 0.733 e. The van der Waals surface area contributed by atoms with Crippen LogP contribution in [0.4, 0.5) is 22.7 Å². The fourth-order valence-corrected chi connectivity index (χ4v) is 4.11. The zero-order chi connectivity index (χ0) is 24.1. The smallest absolute Gasteiger partial charge is 0.197 e. The van der Waals surface area contributed by atoms with Crippen molar-refractivity contribution in [2.75, 3.05) is 24.2 Å². The lowest BCUT2D eigenvalue weighted by Gasteiger charge is -2.23. The van der Waals surface area contributed by atoms with Crippen LogP contribution >= 0.6 is 24.0 Å². The van der Waals surface area contributed by atoms with E-state index in [0.29, 0.717) is 26.8 Å². The summed E-state index contributed by atoms with van der Waals surface area (Å²) < 4.78 is 0. The molecule has 0 atom stereocenters. The molecule has 172 valence electrons. The summed E-state index contributed by atoms with van der Waals surface area (Å²) in [6, 6.07) is 25.6. The Morgan fingerprint density at radius 1 is 0.882 bits per heavy atom. The van der Waals surface area contributed by atoms with Crippen LogP contribution in [0.3, 0.4) is 0 Å². The van der Waals surface area contributed by atoms with Crippen molar-refractivity contribution in [3.8, 4) is 0 Å². The second-order valence-corrected chi connectivity index (χ2v) is 8.64. The van der Waals surface area contributed by atoms with Gasteiger partial charge in [-0.1, -0.05) is 36.4 Å². The predicted octanol–water partition coefficient (Wildman–Crippen LogP) is 5.60. The van der Waals surface area contributed by atoms with Crippen molar-refractivity contribution in [3.05, 3.63) is 90.1 Å². The van der Waals surface area contributed by atoms with Gasteiger partial charge in [0.05, 0.1) is 17.1 Å². The number of benzene rings is 3. The number of anilines is 2. The van der Waals surface area contributed by atoms with E-state index in [2.05, 4.69) is 4.99 Å². The van der Waals surface area contributed by atoms with Crippen molar-refractivity contribution in [1.82, 2.24) is 4.90 Å². The maximum atomic E-state index is 11.3. The highest BCUT2D eigenvalue weighted by Crippen LogP contribution is 2.34. The second-order valence-electron chi connectivity index (χ2n) is 7.32. The minimum atomic E-state index is -0.181. The summed E-state index contributed by atoms with van der Waals surface area (Å²) in [4.78, 5) is 18.0. The zero-order valence-corrected chi connectivity index (χ0v) is 20.1. The van der Waals surface area contributed by atoms with Crippen molar-refractivity contribution < 1.29 is 5.21 Å². The minimum absolute atomic E-state index is 0.109. The minimum Gasteiger partial charge on any atom is -0.733 e. The van der Waals surface area contributed by atoms with Gasteiger partial charge in [0, 0.05) is 19.8 Å². The third-order valence-electron chi connectivity index (χ3n) is 4.66. The molecule has 1 N–H and O–H groups in total. The molecule has 0 spiro atoms. The van der Waals surface area contributed by atoms with Crippen LogP contribution in [0.1, 0.15) is 0 Å². The van der Waals surface area contributed by atoms with E-state index < -0.39 is 0 Å². The summed E-state index contributed by atoms with van der Waals surface area (Å²) in [6.45, 7) is 0. The molecule has 0 bridgehead atoms. The Morgan fingerprint density at radius 3 is 1.97 bits per heavy atom. The molecule has 0 unspecified atom stereocenters. The van der Waals surface area contributed by atoms with E-state index in [1.54, 1.807) is 17.0 Å². The first-order valence-electron chi connectivity index (χ1n) is 10.2. The van der Waals surface area contributed by atoms with Gasteiger partial charge in [-0.2, -0.15) is 4.99 Å². The van der Waals surface area contributed by atoms with Gasteiger partial charge in [0.25, 0.3) is 0 Å². The van der Waals surface area contributed by atoms with Gasteiger partial charge in [0.15, 0.2) is 16.1 Å². The van der Waals surface area contributed by atoms with Crippen LogP contribution in [0.2, 0.25) is 0 Å². The quantitative estimate of drug-likeness (QED) is 0.377. The first-order chi connectivity index (χ1) is 16.4. The number of thioether (sulfide) groups is 1. The first-order valence-corrected chi connectivity index (χ1v) is 11.5. The third-order valence-corrected chi connectivity index (χ3v) is 6.04. The Morgan fingerprint density at radius 2 is 1.44 bits per heavy atom. The molecule has 1 saturated heterocycles. The summed E-state index contributed by atoms with van der Waals surface area (Å²) in [5.41, 5.74) is 2.32. The van der Waals surface area contributed by atoms with Crippen LogP contribution in [0, 0.1) is 5.21 Å². The lowest BCUT2D eigenvalue weighted by atomic mass is 10.2. The van der Waals surface area contributed by atoms with Gasteiger partial charge in [-0.3, -0.25) is 10.1 Å². The molecule has 1 fully saturated rings. The van der Waals surface area contributed by atoms with Crippen molar-refractivity contribution >= 4 is 67.9 Å². The maximum absolute atomic E-state index is 11.3. The van der Waals surface area contributed by atoms with Crippen LogP contribution in [0.15, 0.2) is 99.9 Å². The zero-order valence-electron chi connectivity index (χ0n) is 18.4. The molecule has 0 amide bonds. The van der Waals surface area contributed by atoms with E-state index in [1.807, 2.05) is 79.7 Å². The molecule has 10 heteroatoms. The molecule has 1 heterocycles. The predicted molar refractivity (Wildman–Crippen MR) is 145 cm³/mol. The highest BCUT2D eigenvalue weighted by molar-refractivity contribution is 8.29. The van der Waals surface area contributed by atoms with Crippen LogP contribution in [0.25, 0.3) is 0 Å². The number of aliphatic imine (C=N–C) groups is 3. The van der Waals surface area contributed by atoms with Gasteiger partial charge in [-0.05, 0) is 72.5 Å². The summed E-state index contributed by atoms with van der Waals surface area (Å²) >= 11 is 6.80. The molecule has 0 saturated carbocycles. The number of rotatable bonds is 4. The Labute approximate surface area is 207 Å². The fourth-order valence-electron chi connectivity index (χ4n) is 3.00. The fraction of sp³-hybridized carbons (Fsp3) is 0.0833. The van der Waals surface area contributed by atoms with Gasteiger partial charge in [-0.15, -0.1) is 0 Å². The number of para-hydroxylation sites is 2. The summed E-state index contributed by atoms with van der Waals surface area (Å²) in [7, 11) is 3.65. The number of hydrogen-bond acceptors (Lipinski definition) is 7. The summed E-state index contributed by atoms with van der Waals surface area (Å²) in [5.74, 6) is 0.566. The number of amidine groups is 2. The Kier molecular flexibility index (Phi) is 7.33. The molecule has 3 aromatic carbocycles. The second kappa shape index (κ2) is 10.6. The van der Waals surface area contributed by atoms with Gasteiger partial charge in [0.1, 0.15) is 5.04 Å². The Bertz CT molecular complexity index is 1240. The van der Waals surface area contributed by atoms with Crippen molar-refractivity contribution in [2.45, 2.75) is 0 Å². The number of thiocarbonyl (C=S) groups is 1. The molecule has 34 heavy (non-hydrogen) atoms. The topological polar surface area (TPSA) is 90.1 Å². The average Bonchev–Trinajstić information content (AvgIpc) is 3.16. The molecule has 0 aliphatic carbocycles. The third kappa shape index (κ3) is 5.49. The standard InChI is InChI=1S/C24H21N6O2S2/c1-28(2)23(33)27-24-29(19-13-15-20(16-14-19)30(31)32)21(25-17-9-5-3-6-10-17)22(34-24)26-18-11-7-4-8-12-18/h3-16,31H,1-2H3/q-1/b25-21?,26-22?,27-24-. The van der Waals surface area contributed by atoms with E-state index in [-0.39, 0.29) is 10.9 Å². The first kappa shape index (κ1) is 23.6. The molecular formula is C24H21N6O2S2-. The molecule has 3 aromatic rings. The van der Waals surface area contributed by atoms with E-state index in [0.717, 1.165) is 11.4 Å². The molecule has 4 rings (SSSR count). The van der Waals surface area contributed by atoms with Crippen molar-refractivity contribution in [3.63, 3.8) is 0 Å². The molecule has 0 aromatic heterocycles. The summed E-state index contributed by atoms with van der Waals surface area (Å²) in [6.07, 6.45) is 0. The van der Waals surface area contributed by atoms with Gasteiger partial charge < -0.3 is 15.3 Å². The number of nitrogens with zero attached hydrogens (tertiary/aromatic N) is 6. The van der Waals surface area contributed by atoms with Crippen LogP contribution in [-0.4, -0.2) is 45.4 Å². The van der Waals surface area contributed by atoms with Gasteiger partial charge >= 0.3 is 0 Å². The van der Waals surface area contributed by atoms with E-state index in [9.17, 15) is 10.4 Å². The molecular weight excluding hydrogens is 468 g/mol. The van der Waals surface area contributed by atoms with Gasteiger partial charge in [-0.25, -0.2) is 9.98 Å². The molecule has 8 nitrogen and oxygen atoms in total. The molecule has 0 radical (unpaired) electrons. The van der Waals surface area contributed by atoms with Crippen LogP contribution < -0.4 is 10.1 Å². The summed E-state index contributed by atoms with van der Waals surface area (Å²) in [5, 5.41) is 22.0. The van der Waals surface area contributed by atoms with E-state index in [1.165, 1.54) is 23.9 Å². The van der Waals surface area contributed by atoms with E-state index in [4.69, 9.17) is 22.2 Å². The van der Waals surface area contributed by atoms with Crippen molar-refractivity contribution in [2.24, 2.45) is 15.0 Å². The normalized spacial score (nSPS) is 16.9. The monoisotopic (exact) mass is 489 g/mol. The van der Waals surface area contributed by atoms with Gasteiger partial charge in [0.2, 0.25) is 0 Å². The van der Waals surface area contributed by atoms with E-state index >= 15 is 0 Å². The Balaban J connectivity index is 1.89. The van der Waals surface area contributed by atoms with Crippen LogP contribution in [-0.2, 0) is 0 Å².